The Morgan fingerprint density at radius 3 is 2.72 bits per heavy atom. The molecule has 5 heteroatoms. The van der Waals surface area contributed by atoms with E-state index in [1.807, 2.05) is 0 Å². The van der Waals surface area contributed by atoms with Crippen LogP contribution in [-0.4, -0.2) is 73.6 Å². The van der Waals surface area contributed by atoms with E-state index in [0.29, 0.717) is 12.1 Å². The average Bonchev–Trinajstić information content (AvgIpc) is 2.64. The van der Waals surface area contributed by atoms with Crippen LogP contribution in [0.4, 0.5) is 0 Å². The lowest BCUT2D eigenvalue weighted by atomic mass is 10.0. The molecule has 0 amide bonds. The summed E-state index contributed by atoms with van der Waals surface area (Å²) in [6, 6.07) is 7.51. The minimum Gasteiger partial charge on any atom is -0.496 e. The lowest BCUT2D eigenvalue weighted by Gasteiger charge is -2.45. The summed E-state index contributed by atoms with van der Waals surface area (Å²) in [5, 5.41) is 9.53. The monoisotopic (exact) mass is 348 g/mol. The van der Waals surface area contributed by atoms with Gasteiger partial charge in [0.05, 0.1) is 7.11 Å². The van der Waals surface area contributed by atoms with Crippen molar-refractivity contribution in [1.29, 1.82) is 0 Å². The minimum atomic E-state index is 0.254. The molecule has 2 aliphatic rings. The van der Waals surface area contributed by atoms with Gasteiger partial charge in [-0.25, -0.2) is 0 Å². The van der Waals surface area contributed by atoms with Crippen LogP contribution in [0.2, 0.25) is 0 Å². The van der Waals surface area contributed by atoms with Crippen molar-refractivity contribution in [1.82, 2.24) is 9.80 Å². The van der Waals surface area contributed by atoms with Crippen molar-refractivity contribution in [2.75, 3.05) is 46.6 Å². The Labute approximate surface area is 151 Å². The second-order valence-electron chi connectivity index (χ2n) is 7.28. The zero-order valence-corrected chi connectivity index (χ0v) is 15.6. The molecule has 140 valence electrons. The van der Waals surface area contributed by atoms with Gasteiger partial charge < -0.3 is 14.6 Å². The molecule has 25 heavy (non-hydrogen) atoms. The Morgan fingerprint density at radius 1 is 1.24 bits per heavy atom. The second-order valence-corrected chi connectivity index (χ2v) is 7.28. The SMILES string of the molecule is COc1ccc(CN2CCN(C3CCOCC3)C[C@H]2CCO)cc1C. The van der Waals surface area contributed by atoms with Crippen molar-refractivity contribution in [3.63, 3.8) is 0 Å². The number of methoxy groups -OCH3 is 1. The van der Waals surface area contributed by atoms with E-state index < -0.39 is 0 Å². The van der Waals surface area contributed by atoms with Crippen LogP contribution in [-0.2, 0) is 11.3 Å². The van der Waals surface area contributed by atoms with E-state index in [-0.39, 0.29) is 6.61 Å². The van der Waals surface area contributed by atoms with E-state index in [0.717, 1.165) is 64.4 Å². The first-order valence-corrected chi connectivity index (χ1v) is 9.51. The average molecular weight is 348 g/mol. The molecule has 2 fully saturated rings. The first-order chi connectivity index (χ1) is 12.2. The van der Waals surface area contributed by atoms with Gasteiger partial charge >= 0.3 is 0 Å². The number of rotatable bonds is 6. The van der Waals surface area contributed by atoms with Crippen LogP contribution in [0.5, 0.6) is 5.75 Å². The number of aliphatic hydroxyl groups is 1. The molecular weight excluding hydrogens is 316 g/mol. The van der Waals surface area contributed by atoms with Crippen LogP contribution in [0.15, 0.2) is 18.2 Å². The first kappa shape index (κ1) is 18.6. The molecule has 0 radical (unpaired) electrons. The normalized spacial score (nSPS) is 23.7. The van der Waals surface area contributed by atoms with Crippen molar-refractivity contribution < 1.29 is 14.6 Å². The van der Waals surface area contributed by atoms with Crippen molar-refractivity contribution in [2.24, 2.45) is 0 Å². The maximum atomic E-state index is 9.53. The number of ether oxygens (including phenoxy) is 2. The maximum absolute atomic E-state index is 9.53. The van der Waals surface area contributed by atoms with E-state index in [4.69, 9.17) is 9.47 Å². The molecular formula is C20H32N2O3. The molecule has 3 rings (SSSR count). The summed E-state index contributed by atoms with van der Waals surface area (Å²) < 4.78 is 10.9. The lowest BCUT2D eigenvalue weighted by molar-refractivity contribution is -0.0116. The summed E-state index contributed by atoms with van der Waals surface area (Å²) in [6.07, 6.45) is 3.13. The van der Waals surface area contributed by atoms with Crippen LogP contribution in [0.1, 0.15) is 30.4 Å². The molecule has 0 unspecified atom stereocenters. The third-order valence-electron chi connectivity index (χ3n) is 5.65. The highest BCUT2D eigenvalue weighted by molar-refractivity contribution is 5.36. The highest BCUT2D eigenvalue weighted by atomic mass is 16.5. The molecule has 0 aliphatic carbocycles. The molecule has 1 atom stereocenters. The molecule has 2 aliphatic heterocycles. The van der Waals surface area contributed by atoms with Gasteiger partial charge in [0, 0.05) is 58.1 Å². The van der Waals surface area contributed by atoms with E-state index in [9.17, 15) is 5.11 Å². The van der Waals surface area contributed by atoms with Gasteiger partial charge in [-0.1, -0.05) is 12.1 Å². The van der Waals surface area contributed by atoms with Crippen LogP contribution in [0, 0.1) is 6.92 Å². The Hall–Kier alpha value is -1.14. The summed E-state index contributed by atoms with van der Waals surface area (Å²) in [6.45, 7) is 8.30. The van der Waals surface area contributed by atoms with Crippen LogP contribution in [0.25, 0.3) is 0 Å². The third-order valence-corrected chi connectivity index (χ3v) is 5.65. The van der Waals surface area contributed by atoms with Gasteiger partial charge in [-0.3, -0.25) is 9.80 Å². The summed E-state index contributed by atoms with van der Waals surface area (Å²) in [5.74, 6) is 0.944. The van der Waals surface area contributed by atoms with Gasteiger partial charge in [-0.05, 0) is 43.4 Å². The van der Waals surface area contributed by atoms with Gasteiger partial charge in [-0.15, -0.1) is 0 Å². The third kappa shape index (κ3) is 4.73. The van der Waals surface area contributed by atoms with E-state index in [2.05, 4.69) is 34.9 Å². The second kappa shape index (κ2) is 8.99. The number of nitrogens with zero attached hydrogens (tertiary/aromatic N) is 2. The van der Waals surface area contributed by atoms with Crippen molar-refractivity contribution in [2.45, 2.75) is 44.8 Å². The fourth-order valence-corrected chi connectivity index (χ4v) is 4.20. The standard InChI is InChI=1S/C20H32N2O3/c1-16-13-17(3-4-20(16)24-2)14-21-8-9-22(15-19(21)5-10-23)18-6-11-25-12-7-18/h3-4,13,18-19,23H,5-12,14-15H2,1-2H3/t19-/m1/s1. The van der Waals surface area contributed by atoms with Gasteiger partial charge in [0.1, 0.15) is 5.75 Å². The molecule has 0 aromatic heterocycles. The number of benzene rings is 1. The van der Waals surface area contributed by atoms with Crippen molar-refractivity contribution >= 4 is 0 Å². The predicted octanol–water partition coefficient (Wildman–Crippen LogP) is 2.05. The summed E-state index contributed by atoms with van der Waals surface area (Å²) >= 11 is 0. The summed E-state index contributed by atoms with van der Waals surface area (Å²) in [5.41, 5.74) is 2.50. The minimum absolute atomic E-state index is 0.254. The number of hydrogen-bond acceptors (Lipinski definition) is 5. The highest BCUT2D eigenvalue weighted by Crippen LogP contribution is 2.24. The van der Waals surface area contributed by atoms with Gasteiger partial charge in [0.15, 0.2) is 0 Å². The summed E-state index contributed by atoms with van der Waals surface area (Å²) in [4.78, 5) is 5.16. The molecule has 0 spiro atoms. The van der Waals surface area contributed by atoms with Gasteiger partial charge in [0.2, 0.25) is 0 Å². The first-order valence-electron chi connectivity index (χ1n) is 9.51. The number of aryl methyl sites for hydroxylation is 1. The quantitative estimate of drug-likeness (QED) is 0.852. The molecule has 1 aromatic carbocycles. The number of hydrogen-bond donors (Lipinski definition) is 1. The van der Waals surface area contributed by atoms with Crippen molar-refractivity contribution in [3.05, 3.63) is 29.3 Å². The molecule has 5 nitrogen and oxygen atoms in total. The molecule has 2 saturated heterocycles. The highest BCUT2D eigenvalue weighted by Gasteiger charge is 2.31. The summed E-state index contributed by atoms with van der Waals surface area (Å²) in [7, 11) is 1.72. The largest absolute Gasteiger partial charge is 0.496 e. The fraction of sp³-hybridized carbons (Fsp3) is 0.700. The number of piperazine rings is 1. The predicted molar refractivity (Wildman–Crippen MR) is 99.0 cm³/mol. The zero-order chi connectivity index (χ0) is 17.6. The Balaban J connectivity index is 1.63. The van der Waals surface area contributed by atoms with Crippen molar-refractivity contribution in [3.8, 4) is 5.75 Å². The number of aliphatic hydroxyl groups excluding tert-OH is 1. The molecule has 1 N–H and O–H groups in total. The van der Waals surface area contributed by atoms with E-state index in [1.54, 1.807) is 7.11 Å². The lowest BCUT2D eigenvalue weighted by Crippen LogP contribution is -2.56. The van der Waals surface area contributed by atoms with E-state index in [1.165, 1.54) is 11.1 Å². The van der Waals surface area contributed by atoms with Gasteiger partial charge in [0.25, 0.3) is 0 Å². The topological polar surface area (TPSA) is 45.2 Å². The van der Waals surface area contributed by atoms with Crippen LogP contribution >= 0.6 is 0 Å². The van der Waals surface area contributed by atoms with Gasteiger partial charge in [-0.2, -0.15) is 0 Å². The Morgan fingerprint density at radius 2 is 2.04 bits per heavy atom. The zero-order valence-electron chi connectivity index (χ0n) is 15.6. The maximum Gasteiger partial charge on any atom is 0.121 e. The molecule has 2 heterocycles. The Kier molecular flexibility index (Phi) is 6.70. The molecule has 0 bridgehead atoms. The smallest absolute Gasteiger partial charge is 0.121 e. The Bertz CT molecular complexity index is 546. The van der Waals surface area contributed by atoms with Crippen LogP contribution in [0.3, 0.4) is 0 Å². The molecule has 1 aromatic rings. The van der Waals surface area contributed by atoms with E-state index >= 15 is 0 Å². The molecule has 0 saturated carbocycles. The van der Waals surface area contributed by atoms with Crippen LogP contribution < -0.4 is 4.74 Å². The fourth-order valence-electron chi connectivity index (χ4n) is 4.20.